The van der Waals surface area contributed by atoms with Crippen molar-refractivity contribution in [3.63, 3.8) is 0 Å². The lowest BCUT2D eigenvalue weighted by molar-refractivity contribution is 0.461. The van der Waals surface area contributed by atoms with Gasteiger partial charge in [-0.3, -0.25) is 4.98 Å². The average Bonchev–Trinajstić information content (AvgIpc) is 2.71. The summed E-state index contributed by atoms with van der Waals surface area (Å²) in [5.74, 6) is 1.42. The van der Waals surface area contributed by atoms with Crippen LogP contribution in [0, 0.1) is 0 Å². The Kier molecular flexibility index (Phi) is 5.63. The second kappa shape index (κ2) is 8.48. The summed E-state index contributed by atoms with van der Waals surface area (Å²) in [6, 6.07) is 14.4. The van der Waals surface area contributed by atoms with Gasteiger partial charge in [0.25, 0.3) is 0 Å². The second-order valence-electron chi connectivity index (χ2n) is 6.79. The van der Waals surface area contributed by atoms with Gasteiger partial charge in [-0.1, -0.05) is 31.4 Å². The molecule has 1 aliphatic carbocycles. The van der Waals surface area contributed by atoms with Crippen LogP contribution in [0.25, 0.3) is 11.3 Å². The molecule has 1 aliphatic rings. The van der Waals surface area contributed by atoms with Crippen LogP contribution in [0.2, 0.25) is 0 Å². The summed E-state index contributed by atoms with van der Waals surface area (Å²) in [5, 5.41) is 6.94. The highest BCUT2D eigenvalue weighted by Gasteiger charge is 2.16. The number of anilines is 3. The maximum Gasteiger partial charge on any atom is 0.225 e. The zero-order valence-electron chi connectivity index (χ0n) is 15.0. The van der Waals surface area contributed by atoms with Crippen LogP contribution in [0.1, 0.15) is 32.1 Å². The molecule has 0 amide bonds. The van der Waals surface area contributed by atoms with Crippen LogP contribution in [0.3, 0.4) is 0 Å². The molecular weight excluding hydrogens is 402 g/mol. The minimum Gasteiger partial charge on any atom is -0.351 e. The van der Waals surface area contributed by atoms with Crippen molar-refractivity contribution >= 4 is 33.4 Å². The first-order valence-corrected chi connectivity index (χ1v) is 10.1. The molecule has 1 fully saturated rings. The van der Waals surface area contributed by atoms with Gasteiger partial charge >= 0.3 is 0 Å². The van der Waals surface area contributed by atoms with Gasteiger partial charge in [0.2, 0.25) is 5.95 Å². The van der Waals surface area contributed by atoms with Gasteiger partial charge in [-0.2, -0.15) is 4.98 Å². The predicted molar refractivity (Wildman–Crippen MR) is 113 cm³/mol. The summed E-state index contributed by atoms with van der Waals surface area (Å²) in [4.78, 5) is 13.7. The molecule has 0 saturated heterocycles. The number of aromatic nitrogens is 3. The highest BCUT2D eigenvalue weighted by Crippen LogP contribution is 2.28. The molecule has 0 bridgehead atoms. The molecule has 1 aromatic carbocycles. The molecule has 2 N–H and O–H groups in total. The molecule has 6 heteroatoms. The molecule has 2 heterocycles. The molecule has 0 unspecified atom stereocenters. The largest absolute Gasteiger partial charge is 0.351 e. The van der Waals surface area contributed by atoms with Crippen LogP contribution in [0.5, 0.6) is 0 Å². The van der Waals surface area contributed by atoms with Gasteiger partial charge in [0.15, 0.2) is 0 Å². The van der Waals surface area contributed by atoms with Crippen molar-refractivity contribution < 1.29 is 0 Å². The highest BCUT2D eigenvalue weighted by atomic mass is 79.9. The number of hydrogen-bond donors (Lipinski definition) is 2. The Labute approximate surface area is 167 Å². The first-order valence-electron chi connectivity index (χ1n) is 9.35. The minimum absolute atomic E-state index is 0.444. The van der Waals surface area contributed by atoms with Crippen molar-refractivity contribution in [1.29, 1.82) is 0 Å². The fraction of sp³-hybridized carbons (Fsp3) is 0.286. The Bertz CT molecular complexity index is 894. The fourth-order valence-corrected chi connectivity index (χ4v) is 3.75. The quantitative estimate of drug-likeness (QED) is 0.543. The number of nitrogens with one attached hydrogen (secondary N) is 2. The van der Waals surface area contributed by atoms with Gasteiger partial charge in [0.1, 0.15) is 5.82 Å². The van der Waals surface area contributed by atoms with Crippen LogP contribution < -0.4 is 10.6 Å². The van der Waals surface area contributed by atoms with Gasteiger partial charge in [0, 0.05) is 34.5 Å². The van der Waals surface area contributed by atoms with Gasteiger partial charge in [-0.15, -0.1) is 0 Å². The first kappa shape index (κ1) is 17.9. The number of para-hydroxylation sites is 1. The summed E-state index contributed by atoms with van der Waals surface area (Å²) < 4.78 is 0.994. The number of hydrogen-bond acceptors (Lipinski definition) is 5. The lowest BCUT2D eigenvalue weighted by Gasteiger charge is -2.23. The van der Waals surface area contributed by atoms with Crippen molar-refractivity contribution in [3.05, 3.63) is 59.3 Å². The zero-order valence-corrected chi connectivity index (χ0v) is 16.6. The van der Waals surface area contributed by atoms with E-state index in [-0.39, 0.29) is 0 Å². The molecule has 138 valence electrons. The lowest BCUT2D eigenvalue weighted by atomic mass is 9.96. The third-order valence-electron chi connectivity index (χ3n) is 4.76. The van der Waals surface area contributed by atoms with E-state index in [1.165, 1.54) is 32.1 Å². The normalized spacial score (nSPS) is 14.7. The number of pyridine rings is 1. The van der Waals surface area contributed by atoms with Gasteiger partial charge in [-0.25, -0.2) is 4.98 Å². The van der Waals surface area contributed by atoms with Crippen molar-refractivity contribution in [3.8, 4) is 11.3 Å². The van der Waals surface area contributed by atoms with Gasteiger partial charge in [0.05, 0.1) is 11.4 Å². The Hall–Kier alpha value is -2.47. The first-order chi connectivity index (χ1) is 13.3. The second-order valence-corrected chi connectivity index (χ2v) is 7.64. The van der Waals surface area contributed by atoms with Crippen molar-refractivity contribution in [2.75, 3.05) is 10.6 Å². The molecule has 5 nitrogen and oxygen atoms in total. The van der Waals surface area contributed by atoms with E-state index < -0.39 is 0 Å². The Morgan fingerprint density at radius 3 is 2.59 bits per heavy atom. The van der Waals surface area contributed by atoms with E-state index in [1.54, 1.807) is 6.20 Å². The maximum absolute atomic E-state index is 4.75. The summed E-state index contributed by atoms with van der Waals surface area (Å²) in [5.41, 5.74) is 2.80. The topological polar surface area (TPSA) is 62.7 Å². The standard InChI is InChI=1S/C21H22BrN5/c22-17-10-4-5-11-18(17)25-20-13-19(15-7-6-12-23-14-15)26-21(27-20)24-16-8-2-1-3-9-16/h4-7,10-14,16H,1-3,8-9H2,(H2,24,25,26,27). The number of rotatable bonds is 5. The molecule has 27 heavy (non-hydrogen) atoms. The summed E-state index contributed by atoms with van der Waals surface area (Å²) in [6.07, 6.45) is 9.80. The van der Waals surface area contributed by atoms with Crippen LogP contribution in [-0.2, 0) is 0 Å². The van der Waals surface area contributed by atoms with E-state index in [9.17, 15) is 0 Å². The molecule has 0 radical (unpaired) electrons. The van der Waals surface area contributed by atoms with Crippen molar-refractivity contribution in [2.24, 2.45) is 0 Å². The SMILES string of the molecule is Brc1ccccc1Nc1cc(-c2cccnc2)nc(NC2CCCCC2)n1. The smallest absolute Gasteiger partial charge is 0.225 e. The van der Waals surface area contributed by atoms with Crippen LogP contribution in [0.15, 0.2) is 59.3 Å². The molecule has 4 rings (SSSR count). The van der Waals surface area contributed by atoms with E-state index in [4.69, 9.17) is 9.97 Å². The fourth-order valence-electron chi connectivity index (χ4n) is 3.37. The number of nitrogens with zero attached hydrogens (tertiary/aromatic N) is 3. The Morgan fingerprint density at radius 2 is 1.81 bits per heavy atom. The highest BCUT2D eigenvalue weighted by molar-refractivity contribution is 9.10. The molecule has 0 spiro atoms. The van der Waals surface area contributed by atoms with Crippen LogP contribution in [0.4, 0.5) is 17.5 Å². The Balaban J connectivity index is 1.66. The predicted octanol–water partition coefficient (Wildman–Crippen LogP) is 5.79. The van der Waals surface area contributed by atoms with Crippen molar-refractivity contribution in [2.45, 2.75) is 38.1 Å². The van der Waals surface area contributed by atoms with E-state index >= 15 is 0 Å². The number of benzene rings is 1. The van der Waals surface area contributed by atoms with E-state index in [0.29, 0.717) is 12.0 Å². The molecule has 0 aliphatic heterocycles. The molecular formula is C21H22BrN5. The molecule has 0 atom stereocenters. The lowest BCUT2D eigenvalue weighted by Crippen LogP contribution is -2.23. The number of halogens is 1. The Morgan fingerprint density at radius 1 is 0.963 bits per heavy atom. The summed E-state index contributed by atoms with van der Waals surface area (Å²) in [6.45, 7) is 0. The molecule has 1 saturated carbocycles. The monoisotopic (exact) mass is 423 g/mol. The van der Waals surface area contributed by atoms with Crippen molar-refractivity contribution in [1.82, 2.24) is 15.0 Å². The summed E-state index contributed by atoms with van der Waals surface area (Å²) >= 11 is 3.58. The van der Waals surface area contributed by atoms with Gasteiger partial charge in [-0.05, 0) is 53.0 Å². The maximum atomic E-state index is 4.75. The molecule has 2 aromatic heterocycles. The third-order valence-corrected chi connectivity index (χ3v) is 5.45. The average molecular weight is 424 g/mol. The van der Waals surface area contributed by atoms with Crippen LogP contribution in [-0.4, -0.2) is 21.0 Å². The van der Waals surface area contributed by atoms with E-state index in [0.717, 1.165) is 27.2 Å². The van der Waals surface area contributed by atoms with Gasteiger partial charge < -0.3 is 10.6 Å². The molecule has 3 aromatic rings. The third kappa shape index (κ3) is 4.63. The van der Waals surface area contributed by atoms with Crippen LogP contribution >= 0.6 is 15.9 Å². The minimum atomic E-state index is 0.444. The van der Waals surface area contributed by atoms with E-state index in [2.05, 4.69) is 31.5 Å². The summed E-state index contributed by atoms with van der Waals surface area (Å²) in [7, 11) is 0. The zero-order chi connectivity index (χ0) is 18.5. The van der Waals surface area contributed by atoms with E-state index in [1.807, 2.05) is 48.7 Å².